The number of carboxylic acid groups (broad SMARTS) is 1. The molecule has 150 valence electrons. The number of ether oxygens (including phenoxy) is 2. The summed E-state index contributed by atoms with van der Waals surface area (Å²) in [5.74, 6) is -0.371. The number of aromatic nitrogens is 1. The summed E-state index contributed by atoms with van der Waals surface area (Å²) in [6.07, 6.45) is 0.566. The zero-order chi connectivity index (χ0) is 20.9. The molecule has 0 amide bonds. The second-order valence-corrected chi connectivity index (χ2v) is 7.07. The second-order valence-electron chi connectivity index (χ2n) is 7.07. The molecule has 6 nitrogen and oxygen atoms in total. The van der Waals surface area contributed by atoms with E-state index in [-0.39, 0.29) is 6.42 Å². The summed E-state index contributed by atoms with van der Waals surface area (Å²) < 4.78 is 11.8. The molecule has 1 N–H and O–H groups in total. The maximum Gasteiger partial charge on any atom is 0.307 e. The summed E-state index contributed by atoms with van der Waals surface area (Å²) in [4.78, 5) is 19.4. The van der Waals surface area contributed by atoms with Crippen molar-refractivity contribution < 1.29 is 19.4 Å². The molecular weight excluding hydrogens is 380 g/mol. The van der Waals surface area contributed by atoms with Crippen LogP contribution in [0, 0.1) is 6.57 Å². The fourth-order valence-electron chi connectivity index (χ4n) is 3.48. The van der Waals surface area contributed by atoms with E-state index < -0.39 is 5.97 Å². The van der Waals surface area contributed by atoms with E-state index in [1.807, 2.05) is 48.5 Å². The second kappa shape index (κ2) is 8.76. The highest BCUT2D eigenvalue weighted by Gasteiger charge is 2.12. The van der Waals surface area contributed by atoms with Crippen LogP contribution in [0.1, 0.15) is 22.3 Å². The van der Waals surface area contributed by atoms with E-state index in [1.54, 1.807) is 6.07 Å². The average Bonchev–Trinajstić information content (AvgIpc) is 2.76. The Morgan fingerprint density at radius 2 is 1.97 bits per heavy atom. The third-order valence-corrected chi connectivity index (χ3v) is 5.04. The molecule has 4 rings (SSSR count). The van der Waals surface area contributed by atoms with Crippen LogP contribution in [0.25, 0.3) is 16.1 Å². The number of pyridine rings is 1. The standard InChI is InChI=1S/C24H20N2O4/c1-25-21-8-7-19-15-30-23-4-2-3-22(26-23)18-6-5-16(13-24(27)28)20(11-18)14-29-10-9-17(19)12-21/h2-8,11-12H,9-10,13-15H2,(H,27,28). The van der Waals surface area contributed by atoms with Crippen molar-refractivity contribution in [3.63, 3.8) is 0 Å². The Morgan fingerprint density at radius 1 is 1.07 bits per heavy atom. The van der Waals surface area contributed by atoms with Gasteiger partial charge in [-0.1, -0.05) is 36.4 Å². The van der Waals surface area contributed by atoms with Crippen molar-refractivity contribution in [3.8, 4) is 17.1 Å². The van der Waals surface area contributed by atoms with Crippen LogP contribution in [0.15, 0.2) is 54.6 Å². The van der Waals surface area contributed by atoms with E-state index in [0.717, 1.165) is 33.5 Å². The Balaban J connectivity index is 1.72. The molecule has 0 saturated heterocycles. The molecule has 0 aliphatic carbocycles. The largest absolute Gasteiger partial charge is 0.481 e. The number of nitrogens with zero attached hydrogens (tertiary/aromatic N) is 2. The van der Waals surface area contributed by atoms with Crippen molar-refractivity contribution in [2.24, 2.45) is 0 Å². The van der Waals surface area contributed by atoms with Gasteiger partial charge < -0.3 is 14.6 Å². The van der Waals surface area contributed by atoms with Crippen LogP contribution in [-0.4, -0.2) is 22.7 Å². The first-order valence-electron chi connectivity index (χ1n) is 9.63. The average molecular weight is 400 g/mol. The zero-order valence-electron chi connectivity index (χ0n) is 16.3. The molecule has 2 heterocycles. The van der Waals surface area contributed by atoms with Crippen molar-refractivity contribution in [1.29, 1.82) is 0 Å². The number of fused-ring (bicyclic) bond motifs is 6. The fraction of sp³-hybridized carbons (Fsp3) is 0.208. The molecule has 2 aromatic carbocycles. The predicted molar refractivity (Wildman–Crippen MR) is 111 cm³/mol. The van der Waals surface area contributed by atoms with Crippen LogP contribution < -0.4 is 4.74 Å². The van der Waals surface area contributed by atoms with E-state index in [1.165, 1.54) is 0 Å². The Bertz CT molecular complexity index is 1130. The normalized spacial score (nSPS) is 13.3. The predicted octanol–water partition coefficient (Wildman–Crippen LogP) is 4.58. The highest BCUT2D eigenvalue weighted by molar-refractivity contribution is 5.72. The van der Waals surface area contributed by atoms with Gasteiger partial charge in [-0.05, 0) is 40.8 Å². The zero-order valence-corrected chi connectivity index (χ0v) is 16.3. The summed E-state index contributed by atoms with van der Waals surface area (Å²) in [6.45, 7) is 8.38. The van der Waals surface area contributed by atoms with Gasteiger partial charge in [-0.25, -0.2) is 9.83 Å². The Morgan fingerprint density at radius 3 is 2.80 bits per heavy atom. The first kappa shape index (κ1) is 19.6. The van der Waals surface area contributed by atoms with E-state index >= 15 is 0 Å². The Labute approximate surface area is 174 Å². The molecule has 1 aromatic heterocycles. The minimum absolute atomic E-state index is 0.0627. The Hall–Kier alpha value is -3.69. The highest BCUT2D eigenvalue weighted by Crippen LogP contribution is 2.26. The van der Waals surface area contributed by atoms with Crippen LogP contribution in [0.4, 0.5) is 5.69 Å². The first-order chi connectivity index (χ1) is 14.6. The molecule has 0 unspecified atom stereocenters. The molecule has 0 saturated carbocycles. The highest BCUT2D eigenvalue weighted by atomic mass is 16.5. The van der Waals surface area contributed by atoms with Crippen molar-refractivity contribution in [2.45, 2.75) is 26.1 Å². The molecule has 30 heavy (non-hydrogen) atoms. The van der Waals surface area contributed by atoms with Gasteiger partial charge in [0, 0.05) is 11.6 Å². The molecule has 1 aliphatic rings. The number of carboxylic acids is 1. The van der Waals surface area contributed by atoms with Crippen molar-refractivity contribution in [1.82, 2.24) is 4.98 Å². The van der Waals surface area contributed by atoms with Gasteiger partial charge in [0.05, 0.1) is 31.9 Å². The lowest BCUT2D eigenvalue weighted by atomic mass is 10.00. The first-order valence-corrected chi connectivity index (χ1v) is 9.63. The van der Waals surface area contributed by atoms with E-state index in [0.29, 0.717) is 37.8 Å². The topological polar surface area (TPSA) is 73.0 Å². The third-order valence-electron chi connectivity index (χ3n) is 5.04. The number of benzene rings is 2. The lowest BCUT2D eigenvalue weighted by Crippen LogP contribution is -2.08. The quantitative estimate of drug-likeness (QED) is 0.638. The number of hydrogen-bond donors (Lipinski definition) is 1. The smallest absolute Gasteiger partial charge is 0.307 e. The molecule has 0 radical (unpaired) electrons. The monoisotopic (exact) mass is 400 g/mol. The van der Waals surface area contributed by atoms with Crippen molar-refractivity contribution >= 4 is 11.7 Å². The van der Waals surface area contributed by atoms with Gasteiger partial charge in [0.2, 0.25) is 5.88 Å². The summed E-state index contributed by atoms with van der Waals surface area (Å²) in [5.41, 5.74) is 5.74. The summed E-state index contributed by atoms with van der Waals surface area (Å²) in [6, 6.07) is 16.8. The minimum atomic E-state index is -0.882. The van der Waals surface area contributed by atoms with Crippen LogP contribution in [-0.2, 0) is 35.6 Å². The molecule has 0 fully saturated rings. The van der Waals surface area contributed by atoms with E-state index in [2.05, 4.69) is 9.83 Å². The van der Waals surface area contributed by atoms with Crippen molar-refractivity contribution in [3.05, 3.63) is 88.3 Å². The van der Waals surface area contributed by atoms with Gasteiger partial charge in [0.1, 0.15) is 6.61 Å². The van der Waals surface area contributed by atoms with Crippen LogP contribution in [0.3, 0.4) is 0 Å². The lowest BCUT2D eigenvalue weighted by Gasteiger charge is -2.15. The van der Waals surface area contributed by atoms with Gasteiger partial charge in [0.15, 0.2) is 5.69 Å². The van der Waals surface area contributed by atoms with Crippen LogP contribution in [0.2, 0.25) is 0 Å². The maximum atomic E-state index is 11.2. The molecule has 0 spiro atoms. The van der Waals surface area contributed by atoms with E-state index in [9.17, 15) is 9.90 Å². The number of carbonyl (C=O) groups is 1. The fourth-order valence-corrected chi connectivity index (χ4v) is 3.48. The van der Waals surface area contributed by atoms with Gasteiger partial charge in [-0.2, -0.15) is 0 Å². The Kier molecular flexibility index (Phi) is 5.73. The summed E-state index contributed by atoms with van der Waals surface area (Å²) in [7, 11) is 0. The van der Waals surface area contributed by atoms with Crippen LogP contribution >= 0.6 is 0 Å². The maximum absolute atomic E-state index is 11.2. The molecule has 3 aromatic rings. The molecule has 1 aliphatic heterocycles. The molecule has 4 bridgehead atoms. The van der Waals surface area contributed by atoms with Gasteiger partial charge in [0.25, 0.3) is 0 Å². The molecule has 0 atom stereocenters. The minimum Gasteiger partial charge on any atom is -0.481 e. The number of hydrogen-bond acceptors (Lipinski definition) is 4. The van der Waals surface area contributed by atoms with E-state index in [4.69, 9.17) is 16.0 Å². The molecule has 6 heteroatoms. The summed E-state index contributed by atoms with van der Waals surface area (Å²) >= 11 is 0. The SMILES string of the molecule is [C-]#[N+]c1ccc2c(c1)CCOCc1cc(ccc1CC(=O)O)-c1cccc(n1)OC2. The number of rotatable bonds is 2. The van der Waals surface area contributed by atoms with Gasteiger partial charge in [-0.15, -0.1) is 0 Å². The van der Waals surface area contributed by atoms with Crippen LogP contribution in [0.5, 0.6) is 5.88 Å². The van der Waals surface area contributed by atoms with Gasteiger partial charge in [-0.3, -0.25) is 4.79 Å². The lowest BCUT2D eigenvalue weighted by molar-refractivity contribution is -0.136. The summed E-state index contributed by atoms with van der Waals surface area (Å²) in [5, 5.41) is 9.23. The van der Waals surface area contributed by atoms with Crippen molar-refractivity contribution in [2.75, 3.05) is 6.61 Å². The molecular formula is C24H20N2O4. The van der Waals surface area contributed by atoms with Gasteiger partial charge >= 0.3 is 5.97 Å². The third kappa shape index (κ3) is 4.48. The number of aliphatic carboxylic acids is 1.